The standard InChI is InChI=1S/C15H17NO3/c1-11(16-15(18)14-8-5-9-19-14)10-13(17)12-6-3-2-4-7-12/h2-9,11,13,17H,10H2,1H3,(H,16,18). The summed E-state index contributed by atoms with van der Waals surface area (Å²) in [6.07, 6.45) is 1.32. The van der Waals surface area contributed by atoms with Crippen LogP contribution >= 0.6 is 0 Å². The van der Waals surface area contributed by atoms with E-state index in [1.807, 2.05) is 37.3 Å². The van der Waals surface area contributed by atoms with Crippen molar-refractivity contribution in [2.24, 2.45) is 0 Å². The Labute approximate surface area is 112 Å². The first-order valence-electron chi connectivity index (χ1n) is 6.24. The first-order valence-corrected chi connectivity index (χ1v) is 6.24. The minimum atomic E-state index is -0.590. The van der Waals surface area contributed by atoms with Gasteiger partial charge in [0.1, 0.15) is 0 Å². The Bertz CT molecular complexity index is 507. The number of hydrogen-bond acceptors (Lipinski definition) is 3. The van der Waals surface area contributed by atoms with E-state index in [4.69, 9.17) is 4.42 Å². The van der Waals surface area contributed by atoms with E-state index >= 15 is 0 Å². The second-order valence-corrected chi connectivity index (χ2v) is 4.51. The van der Waals surface area contributed by atoms with Gasteiger partial charge in [-0.3, -0.25) is 4.79 Å². The molecule has 1 amide bonds. The summed E-state index contributed by atoms with van der Waals surface area (Å²) >= 11 is 0. The van der Waals surface area contributed by atoms with E-state index in [1.165, 1.54) is 6.26 Å². The molecule has 0 aliphatic rings. The quantitative estimate of drug-likeness (QED) is 0.867. The Morgan fingerprint density at radius 2 is 2.00 bits per heavy atom. The summed E-state index contributed by atoms with van der Waals surface area (Å²) in [6.45, 7) is 1.85. The van der Waals surface area contributed by atoms with E-state index in [-0.39, 0.29) is 17.7 Å². The Morgan fingerprint density at radius 3 is 2.63 bits per heavy atom. The topological polar surface area (TPSA) is 62.5 Å². The van der Waals surface area contributed by atoms with Crippen LogP contribution in [-0.4, -0.2) is 17.1 Å². The van der Waals surface area contributed by atoms with E-state index < -0.39 is 6.10 Å². The van der Waals surface area contributed by atoms with E-state index in [9.17, 15) is 9.90 Å². The molecule has 2 atom stereocenters. The zero-order valence-corrected chi connectivity index (χ0v) is 10.7. The van der Waals surface area contributed by atoms with E-state index in [2.05, 4.69) is 5.32 Å². The fraction of sp³-hybridized carbons (Fsp3) is 0.267. The molecule has 100 valence electrons. The van der Waals surface area contributed by atoms with Crippen LogP contribution in [0.3, 0.4) is 0 Å². The number of hydrogen-bond donors (Lipinski definition) is 2. The van der Waals surface area contributed by atoms with Crippen LogP contribution in [0, 0.1) is 0 Å². The van der Waals surface area contributed by atoms with E-state index in [1.54, 1.807) is 12.1 Å². The lowest BCUT2D eigenvalue weighted by molar-refractivity contribution is 0.0889. The minimum absolute atomic E-state index is 0.146. The van der Waals surface area contributed by atoms with Crippen LogP contribution in [0.15, 0.2) is 53.1 Å². The maximum Gasteiger partial charge on any atom is 0.287 e. The second-order valence-electron chi connectivity index (χ2n) is 4.51. The average molecular weight is 259 g/mol. The van der Waals surface area contributed by atoms with Crippen molar-refractivity contribution in [3.05, 3.63) is 60.1 Å². The van der Waals surface area contributed by atoms with Crippen molar-refractivity contribution in [2.75, 3.05) is 0 Å². The maximum atomic E-state index is 11.7. The molecule has 2 aromatic rings. The molecule has 0 saturated heterocycles. The molecule has 2 rings (SSSR count). The van der Waals surface area contributed by atoms with Crippen molar-refractivity contribution in [2.45, 2.75) is 25.5 Å². The van der Waals surface area contributed by atoms with Crippen molar-refractivity contribution in [3.63, 3.8) is 0 Å². The van der Waals surface area contributed by atoms with Crippen molar-refractivity contribution < 1.29 is 14.3 Å². The van der Waals surface area contributed by atoms with Crippen LogP contribution in [0.4, 0.5) is 0 Å². The first kappa shape index (κ1) is 13.4. The molecule has 0 saturated carbocycles. The van der Waals surface area contributed by atoms with Crippen LogP contribution in [-0.2, 0) is 0 Å². The number of aliphatic hydroxyl groups excluding tert-OH is 1. The molecule has 4 nitrogen and oxygen atoms in total. The Balaban J connectivity index is 1.88. The highest BCUT2D eigenvalue weighted by Crippen LogP contribution is 2.17. The van der Waals surface area contributed by atoms with Gasteiger partial charge in [-0.15, -0.1) is 0 Å². The zero-order valence-electron chi connectivity index (χ0n) is 10.7. The number of amides is 1. The molecule has 2 N–H and O–H groups in total. The summed E-state index contributed by atoms with van der Waals surface area (Å²) in [4.78, 5) is 11.7. The number of carbonyl (C=O) groups is 1. The highest BCUT2D eigenvalue weighted by Gasteiger charge is 2.16. The summed E-state index contributed by atoms with van der Waals surface area (Å²) in [7, 11) is 0. The molecule has 0 fully saturated rings. The molecule has 2 unspecified atom stereocenters. The van der Waals surface area contributed by atoms with Crippen LogP contribution in [0.2, 0.25) is 0 Å². The molecule has 19 heavy (non-hydrogen) atoms. The smallest absolute Gasteiger partial charge is 0.287 e. The van der Waals surface area contributed by atoms with Gasteiger partial charge >= 0.3 is 0 Å². The van der Waals surface area contributed by atoms with Crippen LogP contribution in [0.25, 0.3) is 0 Å². The summed E-state index contributed by atoms with van der Waals surface area (Å²) in [5, 5.41) is 12.8. The van der Waals surface area contributed by atoms with Gasteiger partial charge in [0.15, 0.2) is 5.76 Å². The number of benzene rings is 1. The normalized spacial score (nSPS) is 13.8. The fourth-order valence-electron chi connectivity index (χ4n) is 1.91. The third-order valence-electron chi connectivity index (χ3n) is 2.88. The molecule has 4 heteroatoms. The third kappa shape index (κ3) is 3.69. The average Bonchev–Trinajstić information content (AvgIpc) is 2.93. The van der Waals surface area contributed by atoms with Gasteiger partial charge in [0.05, 0.1) is 12.4 Å². The van der Waals surface area contributed by atoms with Crippen molar-refractivity contribution >= 4 is 5.91 Å². The number of aliphatic hydroxyl groups is 1. The van der Waals surface area contributed by atoms with Crippen LogP contribution in [0.5, 0.6) is 0 Å². The fourth-order valence-corrected chi connectivity index (χ4v) is 1.91. The van der Waals surface area contributed by atoms with Crippen molar-refractivity contribution in [3.8, 4) is 0 Å². The molecule has 1 aromatic heterocycles. The molecule has 0 spiro atoms. The monoisotopic (exact) mass is 259 g/mol. The zero-order chi connectivity index (χ0) is 13.7. The molecular formula is C15H17NO3. The first-order chi connectivity index (χ1) is 9.16. The summed E-state index contributed by atoms with van der Waals surface area (Å²) in [5.41, 5.74) is 0.849. The van der Waals surface area contributed by atoms with Crippen LogP contribution < -0.4 is 5.32 Å². The molecular weight excluding hydrogens is 242 g/mol. The minimum Gasteiger partial charge on any atom is -0.459 e. The Kier molecular flexibility index (Phi) is 4.36. The number of carbonyl (C=O) groups excluding carboxylic acids is 1. The largest absolute Gasteiger partial charge is 0.459 e. The second kappa shape index (κ2) is 6.20. The van der Waals surface area contributed by atoms with Crippen LogP contribution in [0.1, 0.15) is 35.6 Å². The predicted molar refractivity (Wildman–Crippen MR) is 71.7 cm³/mol. The lowest BCUT2D eigenvalue weighted by atomic mass is 10.0. The third-order valence-corrected chi connectivity index (χ3v) is 2.88. The Morgan fingerprint density at radius 1 is 1.26 bits per heavy atom. The lowest BCUT2D eigenvalue weighted by Crippen LogP contribution is -2.33. The summed E-state index contributed by atoms with van der Waals surface area (Å²) in [5.74, 6) is 0.0128. The molecule has 0 radical (unpaired) electrons. The predicted octanol–water partition coefficient (Wildman–Crippen LogP) is 2.52. The SMILES string of the molecule is CC(CC(O)c1ccccc1)NC(=O)c1ccco1. The molecule has 0 aliphatic carbocycles. The van der Waals surface area contributed by atoms with Gasteiger partial charge < -0.3 is 14.8 Å². The number of rotatable bonds is 5. The summed E-state index contributed by atoms with van der Waals surface area (Å²) in [6, 6.07) is 12.5. The van der Waals surface area contributed by atoms with Gasteiger partial charge in [0.2, 0.25) is 0 Å². The highest BCUT2D eigenvalue weighted by molar-refractivity contribution is 5.91. The maximum absolute atomic E-state index is 11.7. The van der Waals surface area contributed by atoms with E-state index in [0.717, 1.165) is 5.56 Å². The lowest BCUT2D eigenvalue weighted by Gasteiger charge is -2.17. The molecule has 0 bridgehead atoms. The molecule has 0 aliphatic heterocycles. The van der Waals surface area contributed by atoms with E-state index in [0.29, 0.717) is 6.42 Å². The van der Waals surface area contributed by atoms with Gasteiger partial charge in [0, 0.05) is 6.04 Å². The van der Waals surface area contributed by atoms with Crippen molar-refractivity contribution in [1.29, 1.82) is 0 Å². The van der Waals surface area contributed by atoms with Gasteiger partial charge in [0.25, 0.3) is 5.91 Å². The molecule has 1 heterocycles. The van der Waals surface area contributed by atoms with Gasteiger partial charge in [-0.25, -0.2) is 0 Å². The van der Waals surface area contributed by atoms with Gasteiger partial charge in [-0.2, -0.15) is 0 Å². The number of furan rings is 1. The van der Waals surface area contributed by atoms with Crippen molar-refractivity contribution in [1.82, 2.24) is 5.32 Å². The molecule has 1 aromatic carbocycles. The van der Waals surface area contributed by atoms with Gasteiger partial charge in [-0.05, 0) is 31.0 Å². The number of nitrogens with one attached hydrogen (secondary N) is 1. The van der Waals surface area contributed by atoms with Gasteiger partial charge in [-0.1, -0.05) is 30.3 Å². The Hall–Kier alpha value is -2.07. The highest BCUT2D eigenvalue weighted by atomic mass is 16.3. The summed E-state index contributed by atoms with van der Waals surface area (Å²) < 4.78 is 5.01.